The van der Waals surface area contributed by atoms with Crippen molar-refractivity contribution in [2.24, 2.45) is 5.92 Å². The molecule has 9 heavy (non-hydrogen) atoms. The number of thiocarbonyl (C=S) groups is 1. The molecule has 0 bridgehead atoms. The van der Waals surface area contributed by atoms with Gasteiger partial charge in [-0.25, -0.2) is 0 Å². The Balaban J connectivity index is 2.41. The first-order valence-corrected chi connectivity index (χ1v) is 4.72. The maximum Gasteiger partial charge on any atom is 0.0790 e. The van der Waals surface area contributed by atoms with E-state index in [2.05, 4.69) is 12.2 Å². The minimum atomic E-state index is 0.576. The highest BCUT2D eigenvalue weighted by Crippen LogP contribution is 2.11. The van der Waals surface area contributed by atoms with E-state index in [0.29, 0.717) is 5.92 Å². The van der Waals surface area contributed by atoms with Crippen molar-refractivity contribution in [3.8, 4) is 0 Å². The summed E-state index contributed by atoms with van der Waals surface area (Å²) in [4.78, 5) is 1.04. The van der Waals surface area contributed by atoms with Crippen LogP contribution in [0, 0.1) is 5.92 Å². The second-order valence-electron chi connectivity index (χ2n) is 2.27. The molecular weight excluding hydrogens is 150 g/mol. The average Bonchev–Trinajstić information content (AvgIpc) is 1.99. The molecule has 0 aromatic carbocycles. The molecule has 1 nitrogen and oxygen atoms in total. The molecule has 52 valence electrons. The predicted molar refractivity (Wildman–Crippen MR) is 47.1 cm³/mol. The minimum absolute atomic E-state index is 0.576. The summed E-state index contributed by atoms with van der Waals surface area (Å²) in [5, 5.41) is 3.20. The molecule has 1 aliphatic heterocycles. The fourth-order valence-electron chi connectivity index (χ4n) is 0.756. The highest BCUT2D eigenvalue weighted by molar-refractivity contribution is 7.99. The standard InChI is InChI=1S/C6H11NS2/c1-5-4-9-3-2-7-6(5)8/h5H,2-4H2,1H3,(H,7,8). The summed E-state index contributed by atoms with van der Waals surface area (Å²) in [7, 11) is 0. The summed E-state index contributed by atoms with van der Waals surface area (Å²) in [6, 6.07) is 0. The Morgan fingerprint density at radius 3 is 3.33 bits per heavy atom. The first kappa shape index (κ1) is 7.35. The molecule has 0 aromatic rings. The van der Waals surface area contributed by atoms with Gasteiger partial charge in [-0.3, -0.25) is 0 Å². The van der Waals surface area contributed by atoms with Gasteiger partial charge in [-0.1, -0.05) is 19.1 Å². The second-order valence-corrected chi connectivity index (χ2v) is 3.86. The molecule has 1 rings (SSSR count). The molecule has 1 atom stereocenters. The first-order valence-electron chi connectivity index (χ1n) is 3.16. The quantitative estimate of drug-likeness (QED) is 0.538. The van der Waals surface area contributed by atoms with Crippen LogP contribution in [0.1, 0.15) is 6.92 Å². The van der Waals surface area contributed by atoms with Gasteiger partial charge in [0.25, 0.3) is 0 Å². The molecular formula is C6H11NS2. The Morgan fingerprint density at radius 1 is 1.78 bits per heavy atom. The van der Waals surface area contributed by atoms with E-state index in [0.717, 1.165) is 11.5 Å². The highest BCUT2D eigenvalue weighted by Gasteiger charge is 2.10. The van der Waals surface area contributed by atoms with Crippen LogP contribution in [-0.4, -0.2) is 23.0 Å². The van der Waals surface area contributed by atoms with E-state index < -0.39 is 0 Å². The molecule has 0 spiro atoms. The molecule has 1 saturated heterocycles. The zero-order valence-corrected chi connectivity index (χ0v) is 7.15. The predicted octanol–water partition coefficient (Wildman–Crippen LogP) is 1.29. The van der Waals surface area contributed by atoms with Crippen LogP contribution >= 0.6 is 24.0 Å². The average molecular weight is 161 g/mol. The largest absolute Gasteiger partial charge is 0.379 e. The molecule has 1 N–H and O–H groups in total. The number of thioether (sulfide) groups is 1. The van der Waals surface area contributed by atoms with Crippen LogP contribution in [-0.2, 0) is 0 Å². The molecule has 0 aromatic heterocycles. The number of hydrogen-bond acceptors (Lipinski definition) is 2. The van der Waals surface area contributed by atoms with E-state index in [1.54, 1.807) is 0 Å². The van der Waals surface area contributed by atoms with Gasteiger partial charge in [0.2, 0.25) is 0 Å². The van der Waals surface area contributed by atoms with Gasteiger partial charge in [-0.2, -0.15) is 11.8 Å². The zero-order chi connectivity index (χ0) is 6.69. The van der Waals surface area contributed by atoms with Crippen molar-refractivity contribution in [2.45, 2.75) is 6.92 Å². The fraction of sp³-hybridized carbons (Fsp3) is 0.833. The monoisotopic (exact) mass is 161 g/mol. The number of rotatable bonds is 0. The Bertz CT molecular complexity index is 114. The lowest BCUT2D eigenvalue weighted by Crippen LogP contribution is -2.27. The summed E-state index contributed by atoms with van der Waals surface area (Å²) in [5.74, 6) is 2.96. The van der Waals surface area contributed by atoms with Crippen molar-refractivity contribution in [2.75, 3.05) is 18.1 Å². The van der Waals surface area contributed by atoms with Gasteiger partial charge < -0.3 is 5.32 Å². The van der Waals surface area contributed by atoms with Crippen molar-refractivity contribution in [1.82, 2.24) is 5.32 Å². The van der Waals surface area contributed by atoms with Crippen LogP contribution in [0.4, 0.5) is 0 Å². The van der Waals surface area contributed by atoms with E-state index in [4.69, 9.17) is 12.2 Å². The molecule has 3 heteroatoms. The molecule has 0 aliphatic carbocycles. The molecule has 0 radical (unpaired) electrons. The van der Waals surface area contributed by atoms with Gasteiger partial charge in [0.05, 0.1) is 4.99 Å². The van der Waals surface area contributed by atoms with Gasteiger partial charge in [0.15, 0.2) is 0 Å². The SMILES string of the molecule is CC1CSCCNC1=S. The Morgan fingerprint density at radius 2 is 2.56 bits per heavy atom. The van der Waals surface area contributed by atoms with E-state index in [1.807, 2.05) is 11.8 Å². The maximum absolute atomic E-state index is 5.09. The van der Waals surface area contributed by atoms with Gasteiger partial charge >= 0.3 is 0 Å². The van der Waals surface area contributed by atoms with Crippen molar-refractivity contribution in [3.05, 3.63) is 0 Å². The lowest BCUT2D eigenvalue weighted by atomic mass is 10.2. The third kappa shape index (κ3) is 2.14. The maximum atomic E-state index is 5.09. The van der Waals surface area contributed by atoms with Gasteiger partial charge in [0.1, 0.15) is 0 Å². The van der Waals surface area contributed by atoms with Gasteiger partial charge in [-0.05, 0) is 0 Å². The summed E-state index contributed by atoms with van der Waals surface area (Å²) < 4.78 is 0. The van der Waals surface area contributed by atoms with Crippen LogP contribution in [0.5, 0.6) is 0 Å². The highest BCUT2D eigenvalue weighted by atomic mass is 32.2. The van der Waals surface area contributed by atoms with Crippen LogP contribution < -0.4 is 5.32 Å². The third-order valence-corrected chi connectivity index (χ3v) is 3.14. The number of nitrogens with one attached hydrogen (secondary N) is 1. The van der Waals surface area contributed by atoms with E-state index in [-0.39, 0.29) is 0 Å². The van der Waals surface area contributed by atoms with Crippen LogP contribution in [0.3, 0.4) is 0 Å². The molecule has 1 fully saturated rings. The molecule has 1 unspecified atom stereocenters. The van der Waals surface area contributed by atoms with Gasteiger partial charge in [0, 0.05) is 24.0 Å². The van der Waals surface area contributed by atoms with Crippen LogP contribution in [0.25, 0.3) is 0 Å². The normalized spacial score (nSPS) is 29.0. The second kappa shape index (κ2) is 3.42. The summed E-state index contributed by atoms with van der Waals surface area (Å²) in [5.41, 5.74) is 0. The lowest BCUT2D eigenvalue weighted by molar-refractivity contribution is 0.860. The van der Waals surface area contributed by atoms with E-state index in [1.165, 1.54) is 11.5 Å². The van der Waals surface area contributed by atoms with Crippen molar-refractivity contribution < 1.29 is 0 Å². The van der Waals surface area contributed by atoms with E-state index in [9.17, 15) is 0 Å². The fourth-order valence-corrected chi connectivity index (χ4v) is 1.98. The summed E-state index contributed by atoms with van der Waals surface area (Å²) in [6.45, 7) is 3.22. The van der Waals surface area contributed by atoms with Crippen LogP contribution in [0.15, 0.2) is 0 Å². The summed E-state index contributed by atoms with van der Waals surface area (Å²) >= 11 is 7.07. The topological polar surface area (TPSA) is 12.0 Å². The zero-order valence-electron chi connectivity index (χ0n) is 5.52. The van der Waals surface area contributed by atoms with E-state index >= 15 is 0 Å². The van der Waals surface area contributed by atoms with Gasteiger partial charge in [-0.15, -0.1) is 0 Å². The molecule has 0 amide bonds. The minimum Gasteiger partial charge on any atom is -0.379 e. The Kier molecular flexibility index (Phi) is 2.79. The first-order chi connectivity index (χ1) is 4.30. The molecule has 1 heterocycles. The summed E-state index contributed by atoms with van der Waals surface area (Å²) in [6.07, 6.45) is 0. The molecule has 0 saturated carbocycles. The smallest absolute Gasteiger partial charge is 0.0790 e. The third-order valence-electron chi connectivity index (χ3n) is 1.36. The lowest BCUT2D eigenvalue weighted by Gasteiger charge is -2.07. The Hall–Kier alpha value is 0.240. The Labute approximate surface area is 65.6 Å². The van der Waals surface area contributed by atoms with Crippen LogP contribution in [0.2, 0.25) is 0 Å². The molecule has 1 aliphatic rings. The van der Waals surface area contributed by atoms with Crippen molar-refractivity contribution >= 4 is 29.0 Å². The van der Waals surface area contributed by atoms with Crippen molar-refractivity contribution in [3.63, 3.8) is 0 Å². The number of hydrogen-bond donors (Lipinski definition) is 1. The van der Waals surface area contributed by atoms with Crippen molar-refractivity contribution in [1.29, 1.82) is 0 Å².